The van der Waals surface area contributed by atoms with Crippen molar-refractivity contribution in [3.05, 3.63) is 0 Å². The molecule has 0 aliphatic carbocycles. The second-order valence-electron chi connectivity index (χ2n) is 10.7. The highest BCUT2D eigenvalue weighted by Crippen LogP contribution is 2.53. The lowest BCUT2D eigenvalue weighted by atomic mass is 10.8. The second kappa shape index (κ2) is 11.2. The Labute approximate surface area is 183 Å². The highest BCUT2D eigenvalue weighted by atomic mass is 31.1. The lowest BCUT2D eigenvalue weighted by Gasteiger charge is -2.41. The second-order valence-corrected chi connectivity index (χ2v) is 30.6. The van der Waals surface area contributed by atoms with Crippen molar-refractivity contribution in [2.45, 2.75) is 90.6 Å². The van der Waals surface area contributed by atoms with Gasteiger partial charge in [-0.2, -0.15) is 0 Å². The van der Waals surface area contributed by atoms with Crippen LogP contribution in [0.25, 0.3) is 0 Å². The minimum absolute atomic E-state index is 0.100. The molecule has 0 rings (SSSR count). The molecule has 0 aliphatic rings. The molecule has 0 atom stereocenters. The fraction of sp³-hybridized carbons (Fsp3) is 0.833. The van der Waals surface area contributed by atoms with E-state index in [0.717, 1.165) is 0 Å². The van der Waals surface area contributed by atoms with Gasteiger partial charge >= 0.3 is 5.71 Å². The van der Waals surface area contributed by atoms with Crippen LogP contribution in [0.1, 0.15) is 0 Å². The predicted octanol–water partition coefficient (Wildman–Crippen LogP) is 6.21. The Morgan fingerprint density at radius 2 is 1.00 bits per heavy atom. The van der Waals surface area contributed by atoms with Crippen LogP contribution in [0.5, 0.6) is 0 Å². The standard InChI is InChI=1S/C18H41O6PSi4/c1-14-15-20-16(19)25(17(21-26(2,3)4)22-27(5,6)7)18(23-28(8,9)10)24-29(11,12)13/h1,17-18H,15H2,2-13H3. The molecule has 11 heteroatoms. The molecule has 0 aromatic carbocycles. The van der Waals surface area contributed by atoms with Crippen LogP contribution in [-0.2, 0) is 22.4 Å². The summed E-state index contributed by atoms with van der Waals surface area (Å²) in [6.07, 6.45) is 5.32. The van der Waals surface area contributed by atoms with Gasteiger partial charge in [-0.3, -0.25) is 0 Å². The monoisotopic (exact) mass is 496 g/mol. The van der Waals surface area contributed by atoms with Crippen molar-refractivity contribution in [2.75, 3.05) is 6.61 Å². The minimum atomic E-state index is -2.05. The van der Waals surface area contributed by atoms with E-state index >= 15 is 0 Å². The third kappa shape index (κ3) is 14.7. The van der Waals surface area contributed by atoms with Crippen molar-refractivity contribution < 1.29 is 27.2 Å². The topological polar surface area (TPSA) is 63.2 Å². The Kier molecular flexibility index (Phi) is 11.2. The third-order valence-electron chi connectivity index (χ3n) is 2.76. The first-order valence-corrected chi connectivity index (χ1v) is 25.0. The molecule has 29 heavy (non-hydrogen) atoms. The number of carbonyl (C=O) groups is 1. The van der Waals surface area contributed by atoms with Gasteiger partial charge in [-0.15, -0.1) is 6.42 Å². The molecular weight excluding hydrogens is 456 g/mol. The third-order valence-corrected chi connectivity index (χ3v) is 9.12. The molecule has 0 heterocycles. The molecule has 0 unspecified atom stereocenters. The number of rotatable bonds is 12. The normalized spacial score (nSPS) is 13.9. The first-order chi connectivity index (χ1) is 12.7. The van der Waals surface area contributed by atoms with E-state index in [1.54, 1.807) is 0 Å². The van der Waals surface area contributed by atoms with Gasteiger partial charge in [0.25, 0.3) is 0 Å². The van der Waals surface area contributed by atoms with Crippen LogP contribution in [0.2, 0.25) is 78.6 Å². The van der Waals surface area contributed by atoms with E-state index < -0.39 is 59.0 Å². The van der Waals surface area contributed by atoms with Crippen LogP contribution in [0, 0.1) is 12.3 Å². The summed E-state index contributed by atoms with van der Waals surface area (Å²) in [5.74, 6) is 2.36. The number of hydrogen-bond donors (Lipinski definition) is 0. The Morgan fingerprint density at radius 3 is 1.21 bits per heavy atom. The van der Waals surface area contributed by atoms with E-state index in [-0.39, 0.29) is 6.61 Å². The SMILES string of the molecule is C#CCOC(=O)P(C(O[Si](C)(C)C)O[Si](C)(C)C)C(O[Si](C)(C)C)O[Si](C)(C)C. The van der Waals surface area contributed by atoms with Crippen molar-refractivity contribution in [3.8, 4) is 12.3 Å². The molecule has 0 amide bonds. The van der Waals surface area contributed by atoms with Crippen LogP contribution in [0.15, 0.2) is 0 Å². The summed E-state index contributed by atoms with van der Waals surface area (Å²) in [7, 11) is -9.91. The first kappa shape index (κ1) is 29.2. The molecule has 0 saturated heterocycles. The van der Waals surface area contributed by atoms with E-state index in [1.807, 2.05) is 0 Å². The van der Waals surface area contributed by atoms with Gasteiger partial charge in [0.2, 0.25) is 0 Å². The molecule has 0 fully saturated rings. The van der Waals surface area contributed by atoms with Gasteiger partial charge in [-0.1, -0.05) is 5.92 Å². The fourth-order valence-electron chi connectivity index (χ4n) is 1.93. The molecule has 0 bridgehead atoms. The number of terminal acetylenes is 1. The molecule has 0 aromatic rings. The predicted molar refractivity (Wildman–Crippen MR) is 132 cm³/mol. The van der Waals surface area contributed by atoms with Gasteiger partial charge in [0, 0.05) is 0 Å². The highest BCUT2D eigenvalue weighted by Gasteiger charge is 2.46. The van der Waals surface area contributed by atoms with Crippen LogP contribution < -0.4 is 0 Å². The summed E-state index contributed by atoms with van der Waals surface area (Å²) in [4.78, 5) is 13.2. The zero-order valence-corrected chi connectivity index (χ0v) is 25.2. The molecule has 0 N–H and O–H groups in total. The summed E-state index contributed by atoms with van der Waals surface area (Å²) in [6.45, 7) is 24.8. The molecule has 0 saturated carbocycles. The Bertz CT molecular complexity index is 501. The zero-order valence-electron chi connectivity index (χ0n) is 20.3. The maximum Gasteiger partial charge on any atom is 0.337 e. The maximum atomic E-state index is 13.2. The van der Waals surface area contributed by atoms with Crippen LogP contribution in [0.4, 0.5) is 4.79 Å². The summed E-state index contributed by atoms with van der Waals surface area (Å²) >= 11 is 0. The molecule has 0 aromatic heterocycles. The summed E-state index contributed by atoms with van der Waals surface area (Å²) in [5, 5.41) is 0. The summed E-state index contributed by atoms with van der Waals surface area (Å²) in [6, 6.07) is -1.49. The average Bonchev–Trinajstić information content (AvgIpc) is 2.37. The number of ether oxygens (including phenoxy) is 1. The van der Waals surface area contributed by atoms with Crippen molar-refractivity contribution in [2.24, 2.45) is 0 Å². The van der Waals surface area contributed by atoms with Gasteiger partial charge < -0.3 is 22.4 Å². The van der Waals surface area contributed by atoms with Crippen LogP contribution in [-0.4, -0.2) is 57.6 Å². The van der Waals surface area contributed by atoms with Crippen molar-refractivity contribution in [1.82, 2.24) is 0 Å². The molecule has 0 radical (unpaired) electrons. The molecule has 6 nitrogen and oxygen atoms in total. The Hall–Kier alpha value is 0.168. The van der Waals surface area contributed by atoms with E-state index in [2.05, 4.69) is 84.5 Å². The van der Waals surface area contributed by atoms with E-state index in [9.17, 15) is 4.79 Å². The van der Waals surface area contributed by atoms with E-state index in [0.29, 0.717) is 0 Å². The van der Waals surface area contributed by atoms with Gasteiger partial charge in [0.1, 0.15) is 7.92 Å². The lowest BCUT2D eigenvalue weighted by Crippen LogP contribution is -2.46. The quantitative estimate of drug-likeness (QED) is 0.138. The molecule has 170 valence electrons. The van der Waals surface area contributed by atoms with E-state index in [4.69, 9.17) is 28.9 Å². The van der Waals surface area contributed by atoms with Gasteiger partial charge in [0.05, 0.1) is 0 Å². The fourth-order valence-corrected chi connectivity index (χ4v) is 11.1. The van der Waals surface area contributed by atoms with Crippen LogP contribution >= 0.6 is 7.92 Å². The first-order valence-electron chi connectivity index (χ1n) is 9.84. The van der Waals surface area contributed by atoms with Gasteiger partial charge in [0.15, 0.2) is 51.9 Å². The number of carbonyl (C=O) groups excluding carboxylic acids is 1. The van der Waals surface area contributed by atoms with Crippen molar-refractivity contribution >= 4 is 46.9 Å². The number of hydrogen-bond acceptors (Lipinski definition) is 6. The molecule has 0 spiro atoms. The zero-order chi connectivity index (χ0) is 23.3. The maximum absolute atomic E-state index is 13.2. The largest absolute Gasteiger partial charge is 0.449 e. The molecule has 0 aliphatic heterocycles. The van der Waals surface area contributed by atoms with Gasteiger partial charge in [-0.25, -0.2) is 4.79 Å². The average molecular weight is 497 g/mol. The summed E-state index contributed by atoms with van der Waals surface area (Å²) in [5.41, 5.74) is -0.444. The summed E-state index contributed by atoms with van der Waals surface area (Å²) < 4.78 is 30.9. The lowest BCUT2D eigenvalue weighted by molar-refractivity contribution is 0.0323. The van der Waals surface area contributed by atoms with Crippen LogP contribution in [0.3, 0.4) is 0 Å². The Balaban J connectivity index is 6.30. The Morgan fingerprint density at radius 1 is 0.724 bits per heavy atom. The molecular formula is C18H41O6PSi4. The van der Waals surface area contributed by atoms with Crippen molar-refractivity contribution in [1.29, 1.82) is 0 Å². The smallest absolute Gasteiger partial charge is 0.337 e. The highest BCUT2D eigenvalue weighted by molar-refractivity contribution is 7.75. The minimum Gasteiger partial charge on any atom is -0.449 e. The van der Waals surface area contributed by atoms with E-state index in [1.165, 1.54) is 0 Å². The van der Waals surface area contributed by atoms with Gasteiger partial charge in [-0.05, 0) is 78.6 Å². The van der Waals surface area contributed by atoms with Crippen molar-refractivity contribution in [3.63, 3.8) is 0 Å².